The summed E-state index contributed by atoms with van der Waals surface area (Å²) in [6.45, 7) is -0.205. The Balaban J connectivity index is 2.68. The highest BCUT2D eigenvalue weighted by molar-refractivity contribution is 5.90. The molecular weight excluding hydrogens is 210 g/mol. The number of hydrogen-bond acceptors (Lipinski definition) is 5. The van der Waals surface area contributed by atoms with Crippen LogP contribution in [0, 0.1) is 0 Å². The molecule has 1 heterocycles. The molecule has 1 aromatic carbocycles. The number of nitrogens with zero attached hydrogens (tertiary/aromatic N) is 1. The monoisotopic (exact) mass is 217 g/mol. The van der Waals surface area contributed by atoms with E-state index < -0.39 is 5.97 Å². The molecule has 2 rings (SSSR count). The van der Waals surface area contributed by atoms with Crippen molar-refractivity contribution < 1.29 is 20.0 Å². The van der Waals surface area contributed by atoms with Gasteiger partial charge in [-0.1, -0.05) is 18.2 Å². The van der Waals surface area contributed by atoms with E-state index in [9.17, 15) is 15.2 Å². The summed E-state index contributed by atoms with van der Waals surface area (Å²) < 4.78 is 0. The number of benzene rings is 1. The molecule has 0 spiro atoms. The minimum atomic E-state index is -1.38. The van der Waals surface area contributed by atoms with Crippen LogP contribution in [0.2, 0.25) is 0 Å². The molecule has 0 radical (unpaired) electrons. The van der Waals surface area contributed by atoms with Crippen LogP contribution in [-0.2, 0) is 11.5 Å². The molecule has 82 valence electrons. The lowest BCUT2D eigenvalue weighted by Gasteiger charge is -2.12. The maximum absolute atomic E-state index is 10.7. The summed E-state index contributed by atoms with van der Waals surface area (Å²) >= 11 is 0. The van der Waals surface area contributed by atoms with E-state index in [1.165, 1.54) is 6.07 Å². The average molecular weight is 217 g/mol. The minimum absolute atomic E-state index is 0.203. The van der Waals surface area contributed by atoms with E-state index in [1.54, 1.807) is 24.3 Å². The zero-order valence-corrected chi connectivity index (χ0v) is 8.17. The summed E-state index contributed by atoms with van der Waals surface area (Å²) in [5.41, 5.74) is 0.779. The fraction of sp³-hybridized carbons (Fsp3) is 0.0909. The van der Waals surface area contributed by atoms with Gasteiger partial charge < -0.3 is 20.0 Å². The Hall–Kier alpha value is -1.98. The van der Waals surface area contributed by atoms with Gasteiger partial charge in [-0.2, -0.15) is 0 Å². The molecule has 0 atom stereocenters. The zero-order chi connectivity index (χ0) is 11.5. The van der Waals surface area contributed by atoms with Gasteiger partial charge in [-0.25, -0.2) is 4.98 Å². The first kappa shape index (κ1) is 10.5. The van der Waals surface area contributed by atoms with Crippen molar-refractivity contribution in [3.8, 4) is 0 Å². The second-order valence-electron chi connectivity index (χ2n) is 3.23. The van der Waals surface area contributed by atoms with Crippen LogP contribution < -0.4 is 10.4 Å². The number of para-hydroxylation sites is 1. The third-order valence-corrected chi connectivity index (χ3v) is 2.23. The normalized spacial score (nSPS) is 10.6. The Kier molecular flexibility index (Phi) is 2.80. The first-order chi connectivity index (χ1) is 7.72. The van der Waals surface area contributed by atoms with Crippen LogP contribution in [0.3, 0.4) is 0 Å². The Morgan fingerprint density at radius 1 is 1.38 bits per heavy atom. The van der Waals surface area contributed by atoms with Gasteiger partial charge in [0.1, 0.15) is 0 Å². The van der Waals surface area contributed by atoms with E-state index in [1.807, 2.05) is 0 Å². The van der Waals surface area contributed by atoms with E-state index in [4.69, 9.17) is 0 Å². The number of pyridine rings is 1. The summed E-state index contributed by atoms with van der Waals surface area (Å²) in [6, 6.07) is 8.20. The lowest BCUT2D eigenvalue weighted by molar-refractivity contribution is -0.695. The summed E-state index contributed by atoms with van der Waals surface area (Å²) in [4.78, 5) is 18.4. The minimum Gasteiger partial charge on any atom is -0.723 e. The molecule has 0 aliphatic carbocycles. The van der Waals surface area contributed by atoms with Gasteiger partial charge in [0.15, 0.2) is 0 Å². The van der Waals surface area contributed by atoms with Crippen molar-refractivity contribution in [2.45, 2.75) is 6.61 Å². The van der Waals surface area contributed by atoms with Crippen molar-refractivity contribution in [1.82, 2.24) is 4.98 Å². The van der Waals surface area contributed by atoms with Gasteiger partial charge in [0.05, 0.1) is 23.8 Å². The summed E-state index contributed by atoms with van der Waals surface area (Å²) in [5.74, 6) is -1.38. The summed E-state index contributed by atoms with van der Waals surface area (Å²) in [7, 11) is 0. The van der Waals surface area contributed by atoms with Crippen molar-refractivity contribution >= 4 is 16.9 Å². The van der Waals surface area contributed by atoms with Gasteiger partial charge >= 0.3 is 0 Å². The topological polar surface area (TPSA) is 85.3 Å². The van der Waals surface area contributed by atoms with Gasteiger partial charge in [-0.15, -0.1) is 0 Å². The first-order valence-electron chi connectivity index (χ1n) is 4.57. The van der Waals surface area contributed by atoms with Gasteiger partial charge in [0, 0.05) is 5.39 Å². The predicted molar refractivity (Wildman–Crippen MR) is 50.9 cm³/mol. The van der Waals surface area contributed by atoms with E-state index >= 15 is 0 Å². The fourth-order valence-electron chi connectivity index (χ4n) is 1.53. The number of aromatic carboxylic acids is 1. The quantitative estimate of drug-likeness (QED) is 0.505. The number of hydrogen-bond donors (Lipinski definition) is 0. The smallest absolute Gasteiger partial charge is 0.0900 e. The lowest BCUT2D eigenvalue weighted by atomic mass is 10.1. The molecule has 0 saturated heterocycles. The SMILES string of the molecule is O=C([O-])c1cc(CO[O-])c2ccccc2n1. The molecule has 0 saturated carbocycles. The fourth-order valence-corrected chi connectivity index (χ4v) is 1.53. The molecule has 5 nitrogen and oxygen atoms in total. The zero-order valence-electron chi connectivity index (χ0n) is 8.17. The largest absolute Gasteiger partial charge is 0.723 e. The highest BCUT2D eigenvalue weighted by Gasteiger charge is 2.05. The molecule has 2 aromatic rings. The number of carbonyl (C=O) groups is 1. The van der Waals surface area contributed by atoms with Crippen LogP contribution in [0.5, 0.6) is 0 Å². The number of rotatable bonds is 3. The van der Waals surface area contributed by atoms with Crippen molar-refractivity contribution in [3.05, 3.63) is 41.6 Å². The van der Waals surface area contributed by atoms with E-state index in [0.29, 0.717) is 16.5 Å². The Bertz CT molecular complexity index is 538. The van der Waals surface area contributed by atoms with Crippen LogP contribution in [0.4, 0.5) is 0 Å². The number of carboxylic acids is 1. The van der Waals surface area contributed by atoms with E-state index in [2.05, 4.69) is 9.87 Å². The number of fused-ring (bicyclic) bond motifs is 1. The molecule has 0 fully saturated rings. The van der Waals surface area contributed by atoms with Crippen LogP contribution >= 0.6 is 0 Å². The van der Waals surface area contributed by atoms with Crippen molar-refractivity contribution in [2.24, 2.45) is 0 Å². The van der Waals surface area contributed by atoms with Gasteiger partial charge in [0.25, 0.3) is 0 Å². The maximum Gasteiger partial charge on any atom is 0.0900 e. The second-order valence-corrected chi connectivity index (χ2v) is 3.23. The third kappa shape index (κ3) is 1.86. The van der Waals surface area contributed by atoms with Crippen molar-refractivity contribution in [2.75, 3.05) is 0 Å². The molecule has 0 amide bonds. The van der Waals surface area contributed by atoms with Crippen molar-refractivity contribution in [1.29, 1.82) is 0 Å². The van der Waals surface area contributed by atoms with Gasteiger partial charge in [-0.05, 0) is 17.7 Å². The Labute approximate surface area is 90.9 Å². The Morgan fingerprint density at radius 3 is 2.81 bits per heavy atom. The molecular formula is C11H7NO4-2. The highest BCUT2D eigenvalue weighted by Crippen LogP contribution is 2.18. The number of carboxylic acid groups (broad SMARTS) is 1. The third-order valence-electron chi connectivity index (χ3n) is 2.23. The molecule has 5 heteroatoms. The molecule has 0 bridgehead atoms. The predicted octanol–water partition coefficient (Wildman–Crippen LogP) is -0.610. The average Bonchev–Trinajstić information content (AvgIpc) is 2.29. The van der Waals surface area contributed by atoms with Crippen LogP contribution in [0.25, 0.3) is 10.9 Å². The standard InChI is InChI=1S/C11H9NO4/c13-11(14)10-5-7(6-16-15)8-3-1-2-4-9(8)12-10/h1-5,15H,6H2,(H,13,14)/p-2. The lowest BCUT2D eigenvalue weighted by Crippen LogP contribution is -2.24. The molecule has 0 unspecified atom stereocenters. The van der Waals surface area contributed by atoms with Gasteiger partial charge in [0.2, 0.25) is 0 Å². The second kappa shape index (κ2) is 4.26. The first-order valence-corrected chi connectivity index (χ1v) is 4.57. The molecule has 16 heavy (non-hydrogen) atoms. The highest BCUT2D eigenvalue weighted by atomic mass is 17.1. The van der Waals surface area contributed by atoms with Crippen LogP contribution in [0.15, 0.2) is 30.3 Å². The molecule has 0 N–H and O–H groups in total. The molecule has 0 aliphatic heterocycles. The number of carbonyl (C=O) groups excluding carboxylic acids is 1. The Morgan fingerprint density at radius 2 is 2.12 bits per heavy atom. The molecule has 1 aromatic heterocycles. The van der Waals surface area contributed by atoms with E-state index in [-0.39, 0.29) is 12.3 Å². The van der Waals surface area contributed by atoms with E-state index in [0.717, 1.165) is 0 Å². The number of aromatic nitrogens is 1. The summed E-state index contributed by atoms with van der Waals surface area (Å²) in [5, 5.41) is 21.5. The van der Waals surface area contributed by atoms with Gasteiger partial charge in [-0.3, -0.25) is 0 Å². The molecule has 0 aliphatic rings. The van der Waals surface area contributed by atoms with Crippen molar-refractivity contribution in [3.63, 3.8) is 0 Å². The maximum atomic E-state index is 10.7. The summed E-state index contributed by atoms with van der Waals surface area (Å²) in [6.07, 6.45) is 0. The van der Waals surface area contributed by atoms with Crippen LogP contribution in [-0.4, -0.2) is 11.0 Å². The van der Waals surface area contributed by atoms with Crippen LogP contribution in [0.1, 0.15) is 16.1 Å².